The third kappa shape index (κ3) is 3.19. The number of nitrogens with two attached hydrogens (primary N) is 1. The van der Waals surface area contributed by atoms with Crippen molar-refractivity contribution in [2.45, 2.75) is 24.8 Å². The zero-order chi connectivity index (χ0) is 13.1. The summed E-state index contributed by atoms with van der Waals surface area (Å²) in [6, 6.07) is 4.78. The van der Waals surface area contributed by atoms with E-state index in [2.05, 4.69) is 0 Å². The van der Waals surface area contributed by atoms with Crippen molar-refractivity contribution in [2.75, 3.05) is 13.6 Å². The van der Waals surface area contributed by atoms with Gasteiger partial charge >= 0.3 is 0 Å². The normalized spacial score (nSPS) is 12.1. The molecule has 4 nitrogen and oxygen atoms in total. The van der Waals surface area contributed by atoms with E-state index in [9.17, 15) is 8.42 Å². The maximum absolute atomic E-state index is 12.2. The summed E-state index contributed by atoms with van der Waals surface area (Å²) in [5, 5.41) is 0.218. The van der Waals surface area contributed by atoms with Crippen LogP contribution in [0.15, 0.2) is 23.1 Å². The number of sulfonamides is 1. The first-order chi connectivity index (χ1) is 7.93. The van der Waals surface area contributed by atoms with Gasteiger partial charge in [0.2, 0.25) is 10.0 Å². The van der Waals surface area contributed by atoms with E-state index in [1.165, 1.54) is 10.4 Å². The van der Waals surface area contributed by atoms with E-state index in [-0.39, 0.29) is 9.92 Å². The molecule has 0 saturated carbocycles. The van der Waals surface area contributed by atoms with Gasteiger partial charge in [0.1, 0.15) is 4.90 Å². The molecule has 0 fully saturated rings. The molecule has 0 aliphatic rings. The standard InChI is InChI=1S/C11H17ClN2O2S/c1-3-6-14(2)17(15,16)11-5-4-9(8-13)7-10(11)12/h4-5,7H,3,6,8,13H2,1-2H3. The lowest BCUT2D eigenvalue weighted by atomic mass is 10.2. The van der Waals surface area contributed by atoms with Crippen molar-refractivity contribution >= 4 is 21.6 Å². The number of halogens is 1. The highest BCUT2D eigenvalue weighted by Crippen LogP contribution is 2.25. The Balaban J connectivity index is 3.16. The van der Waals surface area contributed by atoms with Gasteiger partial charge in [0.05, 0.1) is 5.02 Å². The van der Waals surface area contributed by atoms with Crippen molar-refractivity contribution < 1.29 is 8.42 Å². The Morgan fingerprint density at radius 1 is 1.41 bits per heavy atom. The molecule has 0 radical (unpaired) electrons. The molecule has 0 aliphatic heterocycles. The molecule has 0 saturated heterocycles. The number of rotatable bonds is 5. The largest absolute Gasteiger partial charge is 0.326 e. The smallest absolute Gasteiger partial charge is 0.244 e. The van der Waals surface area contributed by atoms with Crippen LogP contribution in [0.5, 0.6) is 0 Å². The van der Waals surface area contributed by atoms with Crippen LogP contribution in [0.1, 0.15) is 18.9 Å². The van der Waals surface area contributed by atoms with Gasteiger partial charge in [-0.05, 0) is 24.1 Å². The van der Waals surface area contributed by atoms with Crippen molar-refractivity contribution in [1.82, 2.24) is 4.31 Å². The minimum atomic E-state index is -3.50. The second kappa shape index (κ2) is 5.82. The first-order valence-electron chi connectivity index (χ1n) is 5.38. The first-order valence-corrected chi connectivity index (χ1v) is 7.20. The molecule has 0 atom stereocenters. The first kappa shape index (κ1) is 14.4. The van der Waals surface area contributed by atoms with Gasteiger partial charge in [0.15, 0.2) is 0 Å². The molecular formula is C11H17ClN2O2S. The van der Waals surface area contributed by atoms with Crippen molar-refractivity contribution in [3.8, 4) is 0 Å². The minimum absolute atomic E-state index is 0.132. The van der Waals surface area contributed by atoms with E-state index in [1.807, 2.05) is 6.92 Å². The van der Waals surface area contributed by atoms with Gasteiger partial charge in [-0.1, -0.05) is 24.6 Å². The van der Waals surface area contributed by atoms with E-state index < -0.39 is 10.0 Å². The third-order valence-electron chi connectivity index (χ3n) is 2.46. The van der Waals surface area contributed by atoms with Crippen LogP contribution >= 0.6 is 11.6 Å². The molecule has 96 valence electrons. The van der Waals surface area contributed by atoms with E-state index in [0.717, 1.165) is 12.0 Å². The molecule has 1 aromatic rings. The van der Waals surface area contributed by atoms with Gasteiger partial charge in [-0.25, -0.2) is 12.7 Å². The van der Waals surface area contributed by atoms with Gasteiger partial charge in [-0.3, -0.25) is 0 Å². The van der Waals surface area contributed by atoms with Crippen molar-refractivity contribution in [1.29, 1.82) is 0 Å². The molecule has 1 aromatic carbocycles. The van der Waals surface area contributed by atoms with Gasteiger partial charge in [-0.15, -0.1) is 0 Å². The maximum atomic E-state index is 12.2. The summed E-state index contributed by atoms with van der Waals surface area (Å²) in [7, 11) is -1.95. The minimum Gasteiger partial charge on any atom is -0.326 e. The monoisotopic (exact) mass is 276 g/mol. The van der Waals surface area contributed by atoms with Crippen LogP contribution < -0.4 is 5.73 Å². The quantitative estimate of drug-likeness (QED) is 0.892. The Kier molecular flexibility index (Phi) is 4.94. The zero-order valence-electron chi connectivity index (χ0n) is 9.98. The van der Waals surface area contributed by atoms with Gasteiger partial charge in [0.25, 0.3) is 0 Å². The molecule has 1 rings (SSSR count). The Morgan fingerprint density at radius 3 is 2.53 bits per heavy atom. The molecule has 0 unspecified atom stereocenters. The zero-order valence-corrected chi connectivity index (χ0v) is 11.6. The van der Waals surface area contributed by atoms with Crippen LogP contribution in [0.25, 0.3) is 0 Å². The topological polar surface area (TPSA) is 63.4 Å². The number of benzene rings is 1. The van der Waals surface area contributed by atoms with E-state index in [1.54, 1.807) is 19.2 Å². The molecule has 0 heterocycles. The fourth-order valence-electron chi connectivity index (χ4n) is 1.48. The highest BCUT2D eigenvalue weighted by Gasteiger charge is 2.22. The highest BCUT2D eigenvalue weighted by molar-refractivity contribution is 7.89. The summed E-state index contributed by atoms with van der Waals surface area (Å²) in [5.41, 5.74) is 6.28. The lowest BCUT2D eigenvalue weighted by Gasteiger charge is -2.17. The fourth-order valence-corrected chi connectivity index (χ4v) is 3.28. The predicted octanol–water partition coefficient (Wildman–Crippen LogP) is 1.83. The molecule has 17 heavy (non-hydrogen) atoms. The summed E-state index contributed by atoms with van der Waals surface area (Å²) in [6.07, 6.45) is 0.758. The summed E-state index contributed by atoms with van der Waals surface area (Å²) < 4.78 is 25.6. The molecule has 0 aliphatic carbocycles. The van der Waals surface area contributed by atoms with E-state index in [4.69, 9.17) is 17.3 Å². The van der Waals surface area contributed by atoms with Crippen molar-refractivity contribution in [2.24, 2.45) is 5.73 Å². The molecule has 6 heteroatoms. The third-order valence-corrected chi connectivity index (χ3v) is 4.80. The maximum Gasteiger partial charge on any atom is 0.244 e. The molecule has 2 N–H and O–H groups in total. The molecule has 0 aromatic heterocycles. The summed E-state index contributed by atoms with van der Waals surface area (Å²) in [5.74, 6) is 0. The Bertz CT molecular complexity index is 488. The summed E-state index contributed by atoms with van der Waals surface area (Å²) in [6.45, 7) is 2.73. The lowest BCUT2D eigenvalue weighted by Crippen LogP contribution is -2.27. The molecule has 0 spiro atoms. The average molecular weight is 277 g/mol. The van der Waals surface area contributed by atoms with Gasteiger partial charge in [-0.2, -0.15) is 0 Å². The summed E-state index contributed by atoms with van der Waals surface area (Å²) >= 11 is 5.98. The van der Waals surface area contributed by atoms with Crippen LogP contribution in [-0.2, 0) is 16.6 Å². The van der Waals surface area contributed by atoms with Crippen LogP contribution in [0.4, 0.5) is 0 Å². The van der Waals surface area contributed by atoms with Crippen molar-refractivity contribution in [3.63, 3.8) is 0 Å². The molecule has 0 bridgehead atoms. The van der Waals surface area contributed by atoms with Crippen LogP contribution in [-0.4, -0.2) is 26.3 Å². The second-order valence-electron chi connectivity index (χ2n) is 3.80. The average Bonchev–Trinajstić information content (AvgIpc) is 2.28. The molecule has 0 amide bonds. The van der Waals surface area contributed by atoms with E-state index in [0.29, 0.717) is 13.1 Å². The van der Waals surface area contributed by atoms with Gasteiger partial charge in [0, 0.05) is 20.1 Å². The number of nitrogens with zero attached hydrogens (tertiary/aromatic N) is 1. The van der Waals surface area contributed by atoms with Crippen LogP contribution in [0.2, 0.25) is 5.02 Å². The van der Waals surface area contributed by atoms with E-state index >= 15 is 0 Å². The van der Waals surface area contributed by atoms with Crippen LogP contribution in [0.3, 0.4) is 0 Å². The fraction of sp³-hybridized carbons (Fsp3) is 0.455. The Morgan fingerprint density at radius 2 is 2.06 bits per heavy atom. The number of hydrogen-bond donors (Lipinski definition) is 1. The van der Waals surface area contributed by atoms with Crippen molar-refractivity contribution in [3.05, 3.63) is 28.8 Å². The Labute approximate surface area is 107 Å². The second-order valence-corrected chi connectivity index (χ2v) is 6.22. The lowest BCUT2D eigenvalue weighted by molar-refractivity contribution is 0.468. The molecular weight excluding hydrogens is 260 g/mol. The van der Waals surface area contributed by atoms with Gasteiger partial charge < -0.3 is 5.73 Å². The van der Waals surface area contributed by atoms with Crippen LogP contribution in [0, 0.1) is 0 Å². The number of hydrogen-bond acceptors (Lipinski definition) is 3. The SMILES string of the molecule is CCCN(C)S(=O)(=O)c1ccc(CN)cc1Cl. The Hall–Kier alpha value is -0.620. The highest BCUT2D eigenvalue weighted by atomic mass is 35.5. The summed E-state index contributed by atoms with van der Waals surface area (Å²) in [4.78, 5) is 0.132. The predicted molar refractivity (Wildman–Crippen MR) is 69.5 cm³/mol.